The number of benzene rings is 2. The molecule has 0 fully saturated rings. The number of ether oxygens (including phenoxy) is 2. The van der Waals surface area contributed by atoms with Gasteiger partial charge in [-0.25, -0.2) is 0 Å². The van der Waals surface area contributed by atoms with E-state index in [1.54, 1.807) is 13.8 Å². The Hall–Kier alpha value is -3.30. The summed E-state index contributed by atoms with van der Waals surface area (Å²) in [5, 5.41) is 13.5. The van der Waals surface area contributed by atoms with Crippen molar-refractivity contribution in [1.82, 2.24) is 0 Å². The quantitative estimate of drug-likeness (QED) is 0.541. The van der Waals surface area contributed by atoms with Crippen LogP contribution in [0.15, 0.2) is 36.4 Å². The maximum atomic E-state index is 13.1. The highest BCUT2D eigenvalue weighted by Crippen LogP contribution is 2.39. The van der Waals surface area contributed by atoms with Gasteiger partial charge < -0.3 is 14.8 Å². The zero-order chi connectivity index (χ0) is 20.9. The Morgan fingerprint density at radius 1 is 1.11 bits per heavy atom. The second-order valence-electron chi connectivity index (χ2n) is 5.44. The van der Waals surface area contributed by atoms with E-state index in [0.717, 1.165) is 30.3 Å². The Labute approximate surface area is 158 Å². The number of carbonyl (C=O) groups excluding carboxylic acids is 1. The molecule has 2 aromatic rings. The summed E-state index contributed by atoms with van der Waals surface area (Å²) >= 11 is 0. The molecule has 0 atom stereocenters. The zero-order valence-electron chi connectivity index (χ0n) is 15.0. The van der Waals surface area contributed by atoms with Crippen molar-refractivity contribution in [2.24, 2.45) is 0 Å². The van der Waals surface area contributed by atoms with E-state index >= 15 is 0 Å². The Kier molecular flexibility index (Phi) is 6.45. The van der Waals surface area contributed by atoms with E-state index in [0.29, 0.717) is 0 Å². The van der Waals surface area contributed by atoms with Crippen molar-refractivity contribution in [2.45, 2.75) is 20.0 Å². The molecule has 0 aliphatic carbocycles. The first-order valence-corrected chi connectivity index (χ1v) is 8.24. The summed E-state index contributed by atoms with van der Waals surface area (Å²) in [4.78, 5) is 23.0. The molecule has 7 nitrogen and oxygen atoms in total. The third-order valence-corrected chi connectivity index (χ3v) is 3.58. The molecule has 150 valence electrons. The first-order valence-electron chi connectivity index (χ1n) is 8.24. The number of carbonyl (C=O) groups is 1. The maximum absolute atomic E-state index is 13.1. The standard InChI is InChI=1S/C18H17F3N2O5/c1-3-27-15-9-13(14(23(25)26)10-16(15)28-4-2)22-17(24)11-7-5-6-8-12(11)18(19,20)21/h5-10H,3-4H2,1-2H3,(H,22,24). The van der Waals surface area contributed by atoms with Crippen LogP contribution in [-0.4, -0.2) is 24.0 Å². The van der Waals surface area contributed by atoms with Crippen LogP contribution < -0.4 is 14.8 Å². The fourth-order valence-electron chi connectivity index (χ4n) is 2.45. The van der Waals surface area contributed by atoms with Crippen molar-refractivity contribution < 1.29 is 32.4 Å². The number of hydrogen-bond acceptors (Lipinski definition) is 5. The lowest BCUT2D eigenvalue weighted by atomic mass is 10.1. The van der Waals surface area contributed by atoms with Crippen LogP contribution in [-0.2, 0) is 6.18 Å². The Balaban J connectivity index is 2.49. The predicted octanol–water partition coefficient (Wildman–Crippen LogP) is 4.66. The Bertz CT molecular complexity index is 884. The third-order valence-electron chi connectivity index (χ3n) is 3.58. The normalized spacial score (nSPS) is 11.0. The lowest BCUT2D eigenvalue weighted by Gasteiger charge is -2.15. The molecule has 2 aromatic carbocycles. The van der Waals surface area contributed by atoms with Gasteiger partial charge in [-0.15, -0.1) is 0 Å². The van der Waals surface area contributed by atoms with E-state index in [9.17, 15) is 28.1 Å². The van der Waals surface area contributed by atoms with Crippen molar-refractivity contribution in [3.63, 3.8) is 0 Å². The highest BCUT2D eigenvalue weighted by molar-refractivity contribution is 6.06. The number of nitrogens with one attached hydrogen (secondary N) is 1. The van der Waals surface area contributed by atoms with E-state index in [1.165, 1.54) is 6.07 Å². The molecule has 0 saturated heterocycles. The van der Waals surface area contributed by atoms with Crippen molar-refractivity contribution in [3.05, 3.63) is 57.6 Å². The number of nitro groups is 1. The lowest BCUT2D eigenvalue weighted by Crippen LogP contribution is -2.19. The summed E-state index contributed by atoms with van der Waals surface area (Å²) in [6, 6.07) is 6.37. The van der Waals surface area contributed by atoms with Crippen LogP contribution >= 0.6 is 0 Å². The molecule has 0 aliphatic heterocycles. The molecule has 0 aliphatic rings. The molecule has 0 aromatic heterocycles. The third kappa shape index (κ3) is 4.70. The molecule has 0 saturated carbocycles. The summed E-state index contributed by atoms with van der Waals surface area (Å²) in [5.41, 5.74) is -2.65. The van der Waals surface area contributed by atoms with Gasteiger partial charge in [-0.3, -0.25) is 14.9 Å². The van der Waals surface area contributed by atoms with Crippen molar-refractivity contribution in [2.75, 3.05) is 18.5 Å². The zero-order valence-corrected chi connectivity index (χ0v) is 15.0. The molecule has 0 bridgehead atoms. The summed E-state index contributed by atoms with van der Waals surface area (Å²) in [6.45, 7) is 3.77. The largest absolute Gasteiger partial charge is 0.490 e. The number of hydrogen-bond donors (Lipinski definition) is 1. The lowest BCUT2D eigenvalue weighted by molar-refractivity contribution is -0.384. The van der Waals surface area contributed by atoms with Crippen LogP contribution in [0.1, 0.15) is 29.8 Å². The summed E-state index contributed by atoms with van der Waals surface area (Å²) in [6.07, 6.45) is -4.75. The van der Waals surface area contributed by atoms with Crippen LogP contribution in [0.5, 0.6) is 11.5 Å². The van der Waals surface area contributed by atoms with Crippen LogP contribution in [0.2, 0.25) is 0 Å². The van der Waals surface area contributed by atoms with Crippen LogP contribution in [0.4, 0.5) is 24.5 Å². The van der Waals surface area contributed by atoms with E-state index in [1.807, 2.05) is 0 Å². The monoisotopic (exact) mass is 398 g/mol. The van der Waals surface area contributed by atoms with Gasteiger partial charge in [0.2, 0.25) is 0 Å². The van der Waals surface area contributed by atoms with Gasteiger partial charge in [-0.1, -0.05) is 12.1 Å². The predicted molar refractivity (Wildman–Crippen MR) is 94.8 cm³/mol. The average molecular weight is 398 g/mol. The highest BCUT2D eigenvalue weighted by Gasteiger charge is 2.35. The molecule has 1 amide bonds. The summed E-state index contributed by atoms with van der Waals surface area (Å²) in [7, 11) is 0. The molecular formula is C18H17F3N2O5. The number of nitrogens with zero attached hydrogens (tertiary/aromatic N) is 1. The fraction of sp³-hybridized carbons (Fsp3) is 0.278. The first kappa shape index (κ1) is 21.0. The highest BCUT2D eigenvalue weighted by atomic mass is 19.4. The van der Waals surface area contributed by atoms with Gasteiger partial charge in [-0.2, -0.15) is 13.2 Å². The van der Waals surface area contributed by atoms with E-state index < -0.39 is 33.8 Å². The van der Waals surface area contributed by atoms with Gasteiger partial charge in [0.25, 0.3) is 11.6 Å². The van der Waals surface area contributed by atoms with Crippen molar-refractivity contribution >= 4 is 17.3 Å². The molecule has 28 heavy (non-hydrogen) atoms. The van der Waals surface area contributed by atoms with Crippen LogP contribution in [0, 0.1) is 10.1 Å². The van der Waals surface area contributed by atoms with Gasteiger partial charge in [0.05, 0.1) is 35.3 Å². The van der Waals surface area contributed by atoms with Gasteiger partial charge in [-0.05, 0) is 26.0 Å². The number of rotatable bonds is 7. The first-order chi connectivity index (χ1) is 13.2. The minimum absolute atomic E-state index is 0.0877. The average Bonchev–Trinajstić information content (AvgIpc) is 2.63. The van der Waals surface area contributed by atoms with Gasteiger partial charge in [0.15, 0.2) is 11.5 Å². The van der Waals surface area contributed by atoms with E-state index in [4.69, 9.17) is 9.47 Å². The van der Waals surface area contributed by atoms with Gasteiger partial charge in [0.1, 0.15) is 5.69 Å². The second kappa shape index (κ2) is 8.59. The SMILES string of the molecule is CCOc1cc(NC(=O)c2ccccc2C(F)(F)F)c([N+](=O)[O-])cc1OCC. The van der Waals surface area contributed by atoms with Crippen LogP contribution in [0.25, 0.3) is 0 Å². The number of halogens is 3. The number of nitro benzene ring substituents is 1. The fourth-order valence-corrected chi connectivity index (χ4v) is 2.45. The minimum atomic E-state index is -4.75. The van der Waals surface area contributed by atoms with E-state index in [-0.39, 0.29) is 30.4 Å². The van der Waals surface area contributed by atoms with Gasteiger partial charge in [0, 0.05) is 6.07 Å². The van der Waals surface area contributed by atoms with Crippen molar-refractivity contribution in [3.8, 4) is 11.5 Å². The molecule has 0 radical (unpaired) electrons. The molecule has 2 rings (SSSR count). The summed E-state index contributed by atoms with van der Waals surface area (Å²) in [5.74, 6) is -0.929. The topological polar surface area (TPSA) is 90.7 Å². The van der Waals surface area contributed by atoms with Crippen molar-refractivity contribution in [1.29, 1.82) is 0 Å². The Morgan fingerprint density at radius 3 is 2.21 bits per heavy atom. The molecular weight excluding hydrogens is 381 g/mol. The molecule has 0 unspecified atom stereocenters. The molecule has 0 heterocycles. The van der Waals surface area contributed by atoms with E-state index in [2.05, 4.69) is 5.32 Å². The van der Waals surface area contributed by atoms with Crippen LogP contribution in [0.3, 0.4) is 0 Å². The number of anilines is 1. The second-order valence-corrected chi connectivity index (χ2v) is 5.44. The summed E-state index contributed by atoms with van der Waals surface area (Å²) < 4.78 is 50.0. The molecule has 10 heteroatoms. The molecule has 0 spiro atoms. The number of alkyl halides is 3. The number of amides is 1. The maximum Gasteiger partial charge on any atom is 0.417 e. The molecule has 1 N–H and O–H groups in total. The smallest absolute Gasteiger partial charge is 0.417 e. The minimum Gasteiger partial charge on any atom is -0.490 e. The Morgan fingerprint density at radius 2 is 1.68 bits per heavy atom. The van der Waals surface area contributed by atoms with Gasteiger partial charge >= 0.3 is 6.18 Å².